The highest BCUT2D eigenvalue weighted by Crippen LogP contribution is 2.30. The molecule has 1 N–H and O–H groups in total. The number of benzene rings is 1. The van der Waals surface area contributed by atoms with Crippen molar-refractivity contribution in [3.63, 3.8) is 0 Å². The zero-order chi connectivity index (χ0) is 19.9. The standard InChI is InChI=1S/C18H23F3N4OS.HI/c1-13-6-4-5-7-14(13)26-11-10-25(3)17(22-2)23-9-8-16-24-15(12-27-16)18(19,20)21;/h4-7,12H,8-11H2,1-3H3,(H,22,23);1H. The zero-order valence-corrected chi connectivity index (χ0v) is 19.1. The zero-order valence-electron chi connectivity index (χ0n) is 15.9. The predicted molar refractivity (Wildman–Crippen MR) is 117 cm³/mol. The number of para-hydroxylation sites is 1. The van der Waals surface area contributed by atoms with E-state index in [1.165, 1.54) is 0 Å². The van der Waals surface area contributed by atoms with Crippen LogP contribution in [-0.4, -0.2) is 49.6 Å². The Morgan fingerprint density at radius 3 is 2.64 bits per heavy atom. The van der Waals surface area contributed by atoms with Crippen molar-refractivity contribution >= 4 is 41.3 Å². The van der Waals surface area contributed by atoms with Gasteiger partial charge >= 0.3 is 6.18 Å². The minimum absolute atomic E-state index is 0. The number of aromatic nitrogens is 1. The first kappa shape index (κ1) is 24.5. The van der Waals surface area contributed by atoms with Crippen molar-refractivity contribution in [2.45, 2.75) is 19.5 Å². The molecule has 2 rings (SSSR count). The first-order valence-corrected chi connectivity index (χ1v) is 9.31. The number of nitrogens with one attached hydrogen (secondary N) is 1. The average Bonchev–Trinajstić information content (AvgIpc) is 3.09. The van der Waals surface area contributed by atoms with E-state index in [1.807, 2.05) is 43.1 Å². The topological polar surface area (TPSA) is 49.8 Å². The minimum Gasteiger partial charge on any atom is -0.491 e. The molecule has 0 aliphatic rings. The number of hydrogen-bond acceptors (Lipinski definition) is 4. The van der Waals surface area contributed by atoms with Crippen molar-refractivity contribution < 1.29 is 17.9 Å². The maximum absolute atomic E-state index is 12.6. The fourth-order valence-corrected chi connectivity index (χ4v) is 3.14. The largest absolute Gasteiger partial charge is 0.491 e. The lowest BCUT2D eigenvalue weighted by Gasteiger charge is -2.22. The van der Waals surface area contributed by atoms with Crippen LogP contribution in [0.5, 0.6) is 5.75 Å². The van der Waals surface area contributed by atoms with Gasteiger partial charge in [0, 0.05) is 32.4 Å². The molecule has 0 atom stereocenters. The molecule has 2 aromatic rings. The maximum atomic E-state index is 12.6. The van der Waals surface area contributed by atoms with E-state index in [0.29, 0.717) is 37.1 Å². The third-order valence-corrected chi connectivity index (χ3v) is 4.72. The lowest BCUT2D eigenvalue weighted by molar-refractivity contribution is -0.140. The molecule has 0 fully saturated rings. The molecule has 1 aromatic heterocycles. The first-order chi connectivity index (χ1) is 12.8. The van der Waals surface area contributed by atoms with Crippen LogP contribution in [0.2, 0.25) is 0 Å². The fraction of sp³-hybridized carbons (Fsp3) is 0.444. The van der Waals surface area contributed by atoms with Crippen LogP contribution >= 0.6 is 35.3 Å². The Kier molecular flexibility index (Phi) is 10.0. The van der Waals surface area contributed by atoms with Crippen LogP contribution in [0.3, 0.4) is 0 Å². The van der Waals surface area contributed by atoms with Gasteiger partial charge in [0.05, 0.1) is 11.6 Å². The molecule has 0 spiro atoms. The molecule has 1 heterocycles. The monoisotopic (exact) mass is 528 g/mol. The second-order valence-corrected chi connectivity index (χ2v) is 6.83. The number of hydrogen-bond donors (Lipinski definition) is 1. The second kappa shape index (κ2) is 11.4. The summed E-state index contributed by atoms with van der Waals surface area (Å²) < 4.78 is 43.5. The van der Waals surface area contributed by atoms with Gasteiger partial charge < -0.3 is 15.0 Å². The molecule has 0 aliphatic heterocycles. The van der Waals surface area contributed by atoms with Crippen LogP contribution in [-0.2, 0) is 12.6 Å². The third kappa shape index (κ3) is 7.46. The van der Waals surface area contributed by atoms with E-state index in [0.717, 1.165) is 28.0 Å². The maximum Gasteiger partial charge on any atom is 0.434 e. The molecule has 0 unspecified atom stereocenters. The van der Waals surface area contributed by atoms with Crippen LogP contribution in [0.25, 0.3) is 0 Å². The Morgan fingerprint density at radius 1 is 1.32 bits per heavy atom. The molecule has 10 heteroatoms. The Labute approximate surface area is 184 Å². The van der Waals surface area contributed by atoms with E-state index in [2.05, 4.69) is 15.3 Å². The molecule has 1 aromatic carbocycles. The highest BCUT2D eigenvalue weighted by Gasteiger charge is 2.33. The summed E-state index contributed by atoms with van der Waals surface area (Å²) in [6.45, 7) is 3.54. The number of nitrogens with zero attached hydrogens (tertiary/aromatic N) is 3. The summed E-state index contributed by atoms with van der Waals surface area (Å²) in [6, 6.07) is 7.80. The molecule has 0 saturated heterocycles. The van der Waals surface area contributed by atoms with Gasteiger partial charge in [-0.3, -0.25) is 4.99 Å². The summed E-state index contributed by atoms with van der Waals surface area (Å²) in [5.41, 5.74) is 0.238. The molecule has 28 heavy (non-hydrogen) atoms. The molecular formula is C18H24F3IN4OS. The molecule has 0 amide bonds. The van der Waals surface area contributed by atoms with Gasteiger partial charge in [-0.1, -0.05) is 18.2 Å². The van der Waals surface area contributed by atoms with Crippen LogP contribution in [0.4, 0.5) is 13.2 Å². The number of halogens is 4. The van der Waals surface area contributed by atoms with Gasteiger partial charge in [0.2, 0.25) is 0 Å². The highest BCUT2D eigenvalue weighted by atomic mass is 127. The van der Waals surface area contributed by atoms with E-state index in [4.69, 9.17) is 4.74 Å². The number of aryl methyl sites for hydroxylation is 1. The van der Waals surface area contributed by atoms with Gasteiger partial charge in [-0.05, 0) is 18.6 Å². The summed E-state index contributed by atoms with van der Waals surface area (Å²) in [4.78, 5) is 9.71. The normalized spacial score (nSPS) is 11.7. The van der Waals surface area contributed by atoms with Crippen molar-refractivity contribution in [2.75, 3.05) is 33.8 Å². The number of guanidine groups is 1. The summed E-state index contributed by atoms with van der Waals surface area (Å²) in [6.07, 6.45) is -4.00. The van der Waals surface area contributed by atoms with Crippen LogP contribution < -0.4 is 10.1 Å². The van der Waals surface area contributed by atoms with Crippen LogP contribution in [0, 0.1) is 6.92 Å². The van der Waals surface area contributed by atoms with Crippen molar-refractivity contribution in [3.8, 4) is 5.75 Å². The Bertz CT molecular complexity index is 767. The van der Waals surface area contributed by atoms with E-state index in [9.17, 15) is 13.2 Å². The van der Waals surface area contributed by atoms with Crippen LogP contribution in [0.1, 0.15) is 16.3 Å². The number of ether oxygens (including phenoxy) is 1. The quantitative estimate of drug-likeness (QED) is 0.333. The van der Waals surface area contributed by atoms with Crippen molar-refractivity contribution in [1.82, 2.24) is 15.2 Å². The summed E-state index contributed by atoms with van der Waals surface area (Å²) >= 11 is 1.01. The smallest absolute Gasteiger partial charge is 0.434 e. The second-order valence-electron chi connectivity index (χ2n) is 5.88. The number of alkyl halides is 3. The third-order valence-electron chi connectivity index (χ3n) is 3.82. The number of likely N-dealkylation sites (N-methyl/N-ethyl adjacent to an activating group) is 1. The lowest BCUT2D eigenvalue weighted by Crippen LogP contribution is -2.41. The highest BCUT2D eigenvalue weighted by molar-refractivity contribution is 14.0. The summed E-state index contributed by atoms with van der Waals surface area (Å²) in [7, 11) is 3.54. The van der Waals surface area contributed by atoms with Crippen LogP contribution in [0.15, 0.2) is 34.6 Å². The number of rotatable bonds is 7. The Hall–Kier alpha value is -1.56. The van der Waals surface area contributed by atoms with Gasteiger partial charge in [0.15, 0.2) is 11.7 Å². The fourth-order valence-electron chi connectivity index (χ4n) is 2.34. The summed E-state index contributed by atoms with van der Waals surface area (Å²) in [5, 5.41) is 4.61. The molecule has 0 bridgehead atoms. The van der Waals surface area contributed by atoms with E-state index in [-0.39, 0.29) is 24.0 Å². The Morgan fingerprint density at radius 2 is 2.04 bits per heavy atom. The van der Waals surface area contributed by atoms with Gasteiger partial charge in [-0.25, -0.2) is 4.98 Å². The summed E-state index contributed by atoms with van der Waals surface area (Å²) in [5.74, 6) is 1.49. The average molecular weight is 528 g/mol. The number of thiazole rings is 1. The van der Waals surface area contributed by atoms with Crippen molar-refractivity contribution in [2.24, 2.45) is 4.99 Å². The first-order valence-electron chi connectivity index (χ1n) is 8.43. The van der Waals surface area contributed by atoms with Crippen molar-refractivity contribution in [1.29, 1.82) is 0 Å². The molecule has 156 valence electrons. The molecular weight excluding hydrogens is 504 g/mol. The van der Waals surface area contributed by atoms with Gasteiger partial charge in [0.25, 0.3) is 0 Å². The molecule has 0 radical (unpaired) electrons. The van der Waals surface area contributed by atoms with E-state index >= 15 is 0 Å². The SMILES string of the molecule is CN=C(NCCc1nc(C(F)(F)F)cs1)N(C)CCOc1ccccc1C.I. The Balaban J connectivity index is 0.00000392. The lowest BCUT2D eigenvalue weighted by atomic mass is 10.2. The van der Waals surface area contributed by atoms with Gasteiger partial charge in [0.1, 0.15) is 12.4 Å². The predicted octanol–water partition coefficient (Wildman–Crippen LogP) is 4.22. The molecule has 0 aliphatic carbocycles. The van der Waals surface area contributed by atoms with E-state index < -0.39 is 11.9 Å². The van der Waals surface area contributed by atoms with Gasteiger partial charge in [-0.2, -0.15) is 13.2 Å². The van der Waals surface area contributed by atoms with Crippen molar-refractivity contribution in [3.05, 3.63) is 45.9 Å². The van der Waals surface area contributed by atoms with E-state index in [1.54, 1.807) is 7.05 Å². The molecule has 0 saturated carbocycles. The number of aliphatic imine (C=N–C) groups is 1. The molecule has 5 nitrogen and oxygen atoms in total. The minimum atomic E-state index is -4.39. The van der Waals surface area contributed by atoms with Gasteiger partial charge in [-0.15, -0.1) is 35.3 Å².